The number of hydrazine groups is 1. The second-order valence-corrected chi connectivity index (χ2v) is 4.98. The summed E-state index contributed by atoms with van der Waals surface area (Å²) < 4.78 is 0. The van der Waals surface area contributed by atoms with Gasteiger partial charge in [-0.3, -0.25) is 5.43 Å². The van der Waals surface area contributed by atoms with Crippen molar-refractivity contribution >= 4 is 9.24 Å². The van der Waals surface area contributed by atoms with Gasteiger partial charge < -0.3 is 0 Å². The Labute approximate surface area is 84.6 Å². The molecule has 1 fully saturated rings. The summed E-state index contributed by atoms with van der Waals surface area (Å²) in [6, 6.07) is 0. The van der Waals surface area contributed by atoms with Gasteiger partial charge in [0.1, 0.15) is 0 Å². The van der Waals surface area contributed by atoms with Gasteiger partial charge in [0.2, 0.25) is 0 Å². The van der Waals surface area contributed by atoms with Crippen molar-refractivity contribution in [3.05, 3.63) is 0 Å². The summed E-state index contributed by atoms with van der Waals surface area (Å²) in [4.78, 5) is 0. The van der Waals surface area contributed by atoms with E-state index < -0.39 is 0 Å². The first kappa shape index (κ1) is 11.4. The SMILES string of the molecule is CCC(CC)CNN1CCC(P)C1. The molecule has 2 unspecified atom stereocenters. The molecule has 0 saturated carbocycles. The molecule has 0 radical (unpaired) electrons. The van der Waals surface area contributed by atoms with E-state index >= 15 is 0 Å². The van der Waals surface area contributed by atoms with E-state index in [0.29, 0.717) is 0 Å². The van der Waals surface area contributed by atoms with Crippen molar-refractivity contribution in [1.29, 1.82) is 0 Å². The Morgan fingerprint density at radius 1 is 1.46 bits per heavy atom. The minimum absolute atomic E-state index is 0.800. The van der Waals surface area contributed by atoms with Crippen LogP contribution >= 0.6 is 9.24 Å². The molecular weight excluding hydrogens is 179 g/mol. The topological polar surface area (TPSA) is 15.3 Å². The second-order valence-electron chi connectivity index (χ2n) is 4.04. The predicted octanol–water partition coefficient (Wildman–Crippen LogP) is 1.88. The Morgan fingerprint density at radius 2 is 2.15 bits per heavy atom. The van der Waals surface area contributed by atoms with Crippen LogP contribution in [0.3, 0.4) is 0 Å². The molecule has 13 heavy (non-hydrogen) atoms. The Bertz CT molecular complexity index is 137. The third-order valence-electron chi connectivity index (χ3n) is 2.98. The normalized spacial score (nSPS) is 24.5. The van der Waals surface area contributed by atoms with Crippen LogP contribution in [0.25, 0.3) is 0 Å². The quantitative estimate of drug-likeness (QED) is 0.685. The van der Waals surface area contributed by atoms with Gasteiger partial charge in [-0.1, -0.05) is 26.7 Å². The van der Waals surface area contributed by atoms with E-state index in [-0.39, 0.29) is 0 Å². The molecule has 0 aromatic carbocycles. The van der Waals surface area contributed by atoms with Gasteiger partial charge in [-0.2, -0.15) is 0 Å². The largest absolute Gasteiger partial charge is 0.255 e. The lowest BCUT2D eigenvalue weighted by atomic mass is 10.0. The van der Waals surface area contributed by atoms with Crippen LogP contribution in [-0.2, 0) is 0 Å². The first-order valence-corrected chi connectivity index (χ1v) is 6.17. The van der Waals surface area contributed by atoms with Gasteiger partial charge in [0.05, 0.1) is 0 Å². The minimum Gasteiger partial charge on any atom is -0.255 e. The summed E-state index contributed by atoms with van der Waals surface area (Å²) >= 11 is 0. The maximum absolute atomic E-state index is 3.53. The molecule has 1 saturated heterocycles. The number of hydrogen-bond acceptors (Lipinski definition) is 2. The molecule has 0 aromatic heterocycles. The van der Waals surface area contributed by atoms with Gasteiger partial charge in [0.25, 0.3) is 0 Å². The lowest BCUT2D eigenvalue weighted by Crippen LogP contribution is -2.39. The number of rotatable bonds is 5. The van der Waals surface area contributed by atoms with E-state index in [1.165, 1.54) is 32.4 Å². The zero-order chi connectivity index (χ0) is 9.68. The van der Waals surface area contributed by atoms with Crippen LogP contribution in [0.1, 0.15) is 33.1 Å². The highest BCUT2D eigenvalue weighted by Crippen LogP contribution is 2.15. The van der Waals surface area contributed by atoms with Crippen molar-refractivity contribution < 1.29 is 0 Å². The van der Waals surface area contributed by atoms with Gasteiger partial charge >= 0.3 is 0 Å². The second kappa shape index (κ2) is 5.95. The summed E-state index contributed by atoms with van der Waals surface area (Å²) in [6.45, 7) is 8.13. The summed E-state index contributed by atoms with van der Waals surface area (Å²) in [5, 5.41) is 2.37. The maximum atomic E-state index is 3.53. The zero-order valence-corrected chi connectivity index (χ0v) is 10.1. The van der Waals surface area contributed by atoms with Crippen LogP contribution in [0.2, 0.25) is 0 Å². The Balaban J connectivity index is 2.11. The van der Waals surface area contributed by atoms with Crippen molar-refractivity contribution in [2.75, 3.05) is 19.6 Å². The monoisotopic (exact) mass is 202 g/mol. The van der Waals surface area contributed by atoms with E-state index in [4.69, 9.17) is 0 Å². The van der Waals surface area contributed by atoms with Crippen LogP contribution in [0.4, 0.5) is 0 Å². The smallest absolute Gasteiger partial charge is 0.0194 e. The molecule has 1 rings (SSSR count). The highest BCUT2D eigenvalue weighted by atomic mass is 31.0. The van der Waals surface area contributed by atoms with Crippen molar-refractivity contribution in [1.82, 2.24) is 10.4 Å². The fraction of sp³-hybridized carbons (Fsp3) is 1.00. The fourth-order valence-corrected chi connectivity index (χ4v) is 2.17. The molecule has 1 aliphatic rings. The highest BCUT2D eigenvalue weighted by Gasteiger charge is 2.18. The van der Waals surface area contributed by atoms with E-state index in [2.05, 4.69) is 33.5 Å². The molecule has 0 aromatic rings. The van der Waals surface area contributed by atoms with Gasteiger partial charge in [0.15, 0.2) is 0 Å². The molecular formula is C10H23N2P. The summed E-state index contributed by atoms with van der Waals surface area (Å²) in [5.74, 6) is 0.851. The van der Waals surface area contributed by atoms with E-state index in [9.17, 15) is 0 Å². The number of nitrogens with zero attached hydrogens (tertiary/aromatic N) is 1. The van der Waals surface area contributed by atoms with Gasteiger partial charge in [0, 0.05) is 19.6 Å². The first-order valence-electron chi connectivity index (χ1n) is 5.50. The Morgan fingerprint density at radius 3 is 2.62 bits per heavy atom. The molecule has 3 heteroatoms. The summed E-state index contributed by atoms with van der Waals surface area (Å²) in [6.07, 6.45) is 3.91. The molecule has 1 heterocycles. The lowest BCUT2D eigenvalue weighted by Gasteiger charge is -2.20. The van der Waals surface area contributed by atoms with Crippen LogP contribution < -0.4 is 5.43 Å². The van der Waals surface area contributed by atoms with E-state index in [1.807, 2.05) is 0 Å². The standard InChI is InChI=1S/C10H23N2P/c1-3-9(4-2)7-11-12-6-5-10(13)8-12/h9-11H,3-8,13H2,1-2H3. The average Bonchev–Trinajstić information content (AvgIpc) is 2.53. The van der Waals surface area contributed by atoms with Gasteiger partial charge in [-0.25, -0.2) is 5.01 Å². The maximum Gasteiger partial charge on any atom is 0.0194 e. The third-order valence-corrected chi connectivity index (χ3v) is 3.53. The van der Waals surface area contributed by atoms with Crippen molar-refractivity contribution in [2.24, 2.45) is 5.92 Å². The first-order chi connectivity index (χ1) is 6.26. The molecule has 2 atom stereocenters. The van der Waals surface area contributed by atoms with Crippen molar-refractivity contribution in [2.45, 2.75) is 38.8 Å². The van der Waals surface area contributed by atoms with Crippen LogP contribution in [0, 0.1) is 5.92 Å². The van der Waals surface area contributed by atoms with Crippen molar-refractivity contribution in [3.8, 4) is 0 Å². The molecule has 1 N–H and O–H groups in total. The third kappa shape index (κ3) is 3.93. The highest BCUT2D eigenvalue weighted by molar-refractivity contribution is 7.17. The van der Waals surface area contributed by atoms with Crippen LogP contribution in [-0.4, -0.2) is 30.3 Å². The zero-order valence-electron chi connectivity index (χ0n) is 8.92. The van der Waals surface area contributed by atoms with Crippen LogP contribution in [0.15, 0.2) is 0 Å². The van der Waals surface area contributed by atoms with Gasteiger partial charge in [-0.15, -0.1) is 9.24 Å². The average molecular weight is 202 g/mol. The fourth-order valence-electron chi connectivity index (χ4n) is 1.77. The molecule has 78 valence electrons. The summed E-state index contributed by atoms with van der Waals surface area (Å²) in [5.41, 5.74) is 4.33. The molecule has 0 aliphatic carbocycles. The van der Waals surface area contributed by atoms with Crippen LogP contribution in [0.5, 0.6) is 0 Å². The number of hydrogen-bond donors (Lipinski definition) is 1. The number of nitrogens with one attached hydrogen (secondary N) is 1. The Hall–Kier alpha value is 0.350. The minimum atomic E-state index is 0.800. The molecule has 0 spiro atoms. The van der Waals surface area contributed by atoms with Gasteiger partial charge in [-0.05, 0) is 18.0 Å². The van der Waals surface area contributed by atoms with Crippen molar-refractivity contribution in [3.63, 3.8) is 0 Å². The molecule has 0 amide bonds. The molecule has 2 nitrogen and oxygen atoms in total. The Kier molecular flexibility index (Phi) is 5.23. The predicted molar refractivity (Wildman–Crippen MR) is 61.8 cm³/mol. The summed E-state index contributed by atoms with van der Waals surface area (Å²) in [7, 11) is 2.91. The van der Waals surface area contributed by atoms with E-state index in [1.54, 1.807) is 0 Å². The molecule has 0 bridgehead atoms. The lowest BCUT2D eigenvalue weighted by molar-refractivity contribution is 0.213. The molecule has 1 aliphatic heterocycles. The van der Waals surface area contributed by atoms with E-state index in [0.717, 1.165) is 18.1 Å².